The Kier molecular flexibility index (Phi) is 7.65. The van der Waals surface area contributed by atoms with Gasteiger partial charge in [-0.1, -0.05) is 42.5 Å². The molecule has 1 fully saturated rings. The van der Waals surface area contributed by atoms with Gasteiger partial charge in [-0.15, -0.1) is 0 Å². The standard InChI is InChI=1S/C26H31N5O2/c1-20(2)31(17-21-9-4-3-5-10-21)26(32)19-30-15-16-33-23(18-30)22-11-8-13-25(28-22)29-24-12-6-7-14-27-24/h3-14,20,23H,15-19H2,1-2H3,(H,27,28,29)/t23-/m1/s1. The monoisotopic (exact) mass is 445 g/mol. The summed E-state index contributed by atoms with van der Waals surface area (Å²) in [6, 6.07) is 21.8. The number of aromatic nitrogens is 2. The number of nitrogens with one attached hydrogen (secondary N) is 1. The van der Waals surface area contributed by atoms with E-state index in [0.717, 1.165) is 29.4 Å². The largest absolute Gasteiger partial charge is 0.369 e. The minimum absolute atomic E-state index is 0.130. The van der Waals surface area contributed by atoms with Crippen LogP contribution in [0.25, 0.3) is 0 Å². The minimum atomic E-state index is -0.182. The highest BCUT2D eigenvalue weighted by molar-refractivity contribution is 5.78. The molecule has 1 N–H and O–H groups in total. The van der Waals surface area contributed by atoms with Crippen LogP contribution in [0.2, 0.25) is 0 Å². The highest BCUT2D eigenvalue weighted by Gasteiger charge is 2.27. The number of benzene rings is 1. The third-order valence-corrected chi connectivity index (χ3v) is 5.67. The zero-order valence-electron chi connectivity index (χ0n) is 19.2. The average Bonchev–Trinajstić information content (AvgIpc) is 2.84. The van der Waals surface area contributed by atoms with Crippen molar-refractivity contribution in [2.75, 3.05) is 31.6 Å². The molecule has 0 spiro atoms. The molecule has 1 aliphatic rings. The summed E-state index contributed by atoms with van der Waals surface area (Å²) in [4.78, 5) is 26.3. The summed E-state index contributed by atoms with van der Waals surface area (Å²) in [5.74, 6) is 1.59. The van der Waals surface area contributed by atoms with Crippen LogP contribution in [0.5, 0.6) is 0 Å². The fourth-order valence-corrected chi connectivity index (χ4v) is 3.91. The van der Waals surface area contributed by atoms with E-state index in [1.54, 1.807) is 6.20 Å². The highest BCUT2D eigenvalue weighted by Crippen LogP contribution is 2.23. The summed E-state index contributed by atoms with van der Waals surface area (Å²) in [6.45, 7) is 7.04. The van der Waals surface area contributed by atoms with Gasteiger partial charge in [-0.3, -0.25) is 9.69 Å². The predicted molar refractivity (Wildman–Crippen MR) is 129 cm³/mol. The molecule has 0 unspecified atom stereocenters. The van der Waals surface area contributed by atoms with Crippen LogP contribution in [0.1, 0.15) is 31.2 Å². The summed E-state index contributed by atoms with van der Waals surface area (Å²) in [7, 11) is 0. The van der Waals surface area contributed by atoms with E-state index in [4.69, 9.17) is 9.72 Å². The number of hydrogen-bond acceptors (Lipinski definition) is 6. The zero-order valence-corrected chi connectivity index (χ0v) is 19.2. The molecule has 1 amide bonds. The lowest BCUT2D eigenvalue weighted by Gasteiger charge is -2.35. The molecule has 0 aliphatic carbocycles. The van der Waals surface area contributed by atoms with E-state index < -0.39 is 0 Å². The van der Waals surface area contributed by atoms with Gasteiger partial charge >= 0.3 is 0 Å². The van der Waals surface area contributed by atoms with E-state index in [0.29, 0.717) is 26.2 Å². The van der Waals surface area contributed by atoms with Gasteiger partial charge < -0.3 is 15.0 Å². The third kappa shape index (κ3) is 6.37. The molecule has 0 bridgehead atoms. The van der Waals surface area contributed by atoms with E-state index in [1.165, 1.54) is 0 Å². The summed E-state index contributed by atoms with van der Waals surface area (Å²) in [6.07, 6.45) is 1.56. The van der Waals surface area contributed by atoms with Gasteiger partial charge in [-0.05, 0) is 43.7 Å². The molecular formula is C26H31N5O2. The number of pyridine rings is 2. The van der Waals surface area contributed by atoms with E-state index in [1.807, 2.05) is 59.5 Å². The summed E-state index contributed by atoms with van der Waals surface area (Å²) in [5.41, 5.74) is 1.99. The highest BCUT2D eigenvalue weighted by atomic mass is 16.5. The van der Waals surface area contributed by atoms with E-state index in [-0.39, 0.29) is 18.1 Å². The minimum Gasteiger partial charge on any atom is -0.369 e. The van der Waals surface area contributed by atoms with Gasteiger partial charge in [-0.2, -0.15) is 0 Å². The fourth-order valence-electron chi connectivity index (χ4n) is 3.91. The van der Waals surface area contributed by atoms with Crippen LogP contribution >= 0.6 is 0 Å². The Hall–Kier alpha value is -3.29. The molecule has 1 aliphatic heterocycles. The van der Waals surface area contributed by atoms with Gasteiger partial charge in [0.15, 0.2) is 0 Å². The number of anilines is 2. The van der Waals surface area contributed by atoms with Gasteiger partial charge in [0, 0.05) is 31.9 Å². The van der Waals surface area contributed by atoms with Crippen molar-refractivity contribution >= 4 is 17.5 Å². The van der Waals surface area contributed by atoms with Gasteiger partial charge in [0.05, 0.1) is 18.8 Å². The van der Waals surface area contributed by atoms with E-state index >= 15 is 0 Å². The molecule has 4 rings (SSSR count). The summed E-state index contributed by atoms with van der Waals surface area (Å²) >= 11 is 0. The maximum atomic E-state index is 13.2. The van der Waals surface area contributed by atoms with Crippen LogP contribution in [0.15, 0.2) is 72.9 Å². The number of amides is 1. The molecule has 1 aromatic carbocycles. The topological polar surface area (TPSA) is 70.6 Å². The molecule has 0 saturated carbocycles. The Morgan fingerprint density at radius 1 is 1.09 bits per heavy atom. The first kappa shape index (κ1) is 22.9. The summed E-state index contributed by atoms with van der Waals surface area (Å²) in [5, 5.41) is 3.23. The molecule has 2 aromatic heterocycles. The van der Waals surface area contributed by atoms with Gasteiger partial charge in [0.1, 0.15) is 17.7 Å². The second-order valence-electron chi connectivity index (χ2n) is 8.48. The Bertz CT molecular complexity index is 1030. The number of carbonyl (C=O) groups excluding carboxylic acids is 1. The maximum Gasteiger partial charge on any atom is 0.237 e. The zero-order chi connectivity index (χ0) is 23.0. The quantitative estimate of drug-likeness (QED) is 0.565. The third-order valence-electron chi connectivity index (χ3n) is 5.67. The van der Waals surface area contributed by atoms with Crippen molar-refractivity contribution in [3.8, 4) is 0 Å². The van der Waals surface area contributed by atoms with E-state index in [9.17, 15) is 4.79 Å². The lowest BCUT2D eigenvalue weighted by Crippen LogP contribution is -2.47. The number of morpholine rings is 1. The lowest BCUT2D eigenvalue weighted by atomic mass is 10.1. The number of hydrogen-bond donors (Lipinski definition) is 1. The molecule has 7 nitrogen and oxygen atoms in total. The molecule has 172 valence electrons. The van der Waals surface area contributed by atoms with Crippen molar-refractivity contribution in [1.29, 1.82) is 0 Å². The van der Waals surface area contributed by atoms with Crippen molar-refractivity contribution in [3.63, 3.8) is 0 Å². The SMILES string of the molecule is CC(C)N(Cc1ccccc1)C(=O)CN1CCO[C@@H](c2cccc(Nc3ccccn3)n2)C1. The lowest BCUT2D eigenvalue weighted by molar-refractivity contribution is -0.136. The van der Waals surface area contributed by atoms with E-state index in [2.05, 4.69) is 41.2 Å². The second kappa shape index (κ2) is 11.0. The molecule has 7 heteroatoms. The van der Waals surface area contributed by atoms with Crippen LogP contribution in [0, 0.1) is 0 Å². The molecule has 3 heterocycles. The first-order chi connectivity index (χ1) is 16.1. The van der Waals surface area contributed by atoms with Crippen molar-refractivity contribution in [1.82, 2.24) is 19.8 Å². The number of nitrogens with zero attached hydrogens (tertiary/aromatic N) is 4. The number of ether oxygens (including phenoxy) is 1. The normalized spacial score (nSPS) is 16.5. The molecule has 1 atom stereocenters. The number of carbonyl (C=O) groups is 1. The Balaban J connectivity index is 1.39. The van der Waals surface area contributed by atoms with Crippen molar-refractivity contribution < 1.29 is 9.53 Å². The van der Waals surface area contributed by atoms with Crippen molar-refractivity contribution in [2.45, 2.75) is 32.5 Å². The molecular weight excluding hydrogens is 414 g/mol. The van der Waals surface area contributed by atoms with Gasteiger partial charge in [-0.25, -0.2) is 9.97 Å². The maximum absolute atomic E-state index is 13.2. The van der Waals surface area contributed by atoms with Crippen LogP contribution in [0.4, 0.5) is 11.6 Å². The summed E-state index contributed by atoms with van der Waals surface area (Å²) < 4.78 is 6.01. The van der Waals surface area contributed by atoms with Gasteiger partial charge in [0.2, 0.25) is 5.91 Å². The van der Waals surface area contributed by atoms with Crippen LogP contribution in [-0.2, 0) is 16.1 Å². The van der Waals surface area contributed by atoms with Crippen LogP contribution < -0.4 is 5.32 Å². The Morgan fingerprint density at radius 3 is 2.64 bits per heavy atom. The molecule has 0 radical (unpaired) electrons. The Labute approximate surface area is 195 Å². The first-order valence-corrected chi connectivity index (χ1v) is 11.4. The number of rotatable bonds is 8. The molecule has 3 aromatic rings. The molecule has 1 saturated heterocycles. The smallest absolute Gasteiger partial charge is 0.237 e. The van der Waals surface area contributed by atoms with Crippen molar-refractivity contribution in [2.24, 2.45) is 0 Å². The van der Waals surface area contributed by atoms with Crippen molar-refractivity contribution in [3.05, 3.63) is 84.2 Å². The first-order valence-electron chi connectivity index (χ1n) is 11.4. The Morgan fingerprint density at radius 2 is 1.88 bits per heavy atom. The van der Waals surface area contributed by atoms with Crippen LogP contribution in [-0.4, -0.2) is 58.0 Å². The van der Waals surface area contributed by atoms with Gasteiger partial charge in [0.25, 0.3) is 0 Å². The average molecular weight is 446 g/mol. The molecule has 33 heavy (non-hydrogen) atoms. The fraction of sp³-hybridized carbons (Fsp3) is 0.346. The van der Waals surface area contributed by atoms with Crippen LogP contribution in [0.3, 0.4) is 0 Å². The second-order valence-corrected chi connectivity index (χ2v) is 8.48. The predicted octanol–water partition coefficient (Wildman–Crippen LogP) is 4.03.